The number of nitrogens with one attached hydrogen (secondary N) is 1. The maximum Gasteiger partial charge on any atom is 0.220 e. The summed E-state index contributed by atoms with van der Waals surface area (Å²) in [7, 11) is 0. The van der Waals surface area contributed by atoms with Crippen LogP contribution in [0.4, 0.5) is 0 Å². The van der Waals surface area contributed by atoms with Gasteiger partial charge in [-0.25, -0.2) is 0 Å². The van der Waals surface area contributed by atoms with Crippen LogP contribution >= 0.6 is 0 Å². The van der Waals surface area contributed by atoms with Crippen molar-refractivity contribution in [3.05, 3.63) is 30.1 Å². The minimum absolute atomic E-state index is 0.150. The predicted molar refractivity (Wildman–Crippen MR) is 87.0 cm³/mol. The molecule has 118 valence electrons. The third-order valence-electron chi connectivity index (χ3n) is 3.79. The van der Waals surface area contributed by atoms with Gasteiger partial charge in [0.1, 0.15) is 0 Å². The number of carbonyl (C=O) groups is 1. The van der Waals surface area contributed by atoms with Crippen LogP contribution in [0.25, 0.3) is 0 Å². The van der Waals surface area contributed by atoms with Crippen LogP contribution in [0.1, 0.15) is 57.4 Å². The molecule has 1 heterocycles. The molecule has 0 aliphatic rings. The van der Waals surface area contributed by atoms with E-state index in [1.165, 1.54) is 5.56 Å². The molecule has 0 saturated carbocycles. The Morgan fingerprint density at radius 1 is 1.29 bits per heavy atom. The molecular weight excluding hydrogens is 262 g/mol. The standard InChI is InChI=1S/C17H29N3O/c1-14(2)16(15-8-7-11-19-12-15)13-20-17(21)9-5-3-4-6-10-18/h7-8,11-12,14,16H,3-6,9-10,13,18H2,1-2H3,(H,20,21). The van der Waals surface area contributed by atoms with E-state index in [1.54, 1.807) is 6.20 Å². The van der Waals surface area contributed by atoms with E-state index in [0.29, 0.717) is 24.8 Å². The highest BCUT2D eigenvalue weighted by Crippen LogP contribution is 2.22. The molecule has 4 nitrogen and oxygen atoms in total. The highest BCUT2D eigenvalue weighted by molar-refractivity contribution is 5.75. The van der Waals surface area contributed by atoms with Gasteiger partial charge < -0.3 is 11.1 Å². The minimum atomic E-state index is 0.150. The zero-order chi connectivity index (χ0) is 15.5. The van der Waals surface area contributed by atoms with E-state index in [9.17, 15) is 4.79 Å². The molecule has 1 unspecified atom stereocenters. The van der Waals surface area contributed by atoms with Crippen LogP contribution in [-0.2, 0) is 4.79 Å². The van der Waals surface area contributed by atoms with Crippen LogP contribution in [0.5, 0.6) is 0 Å². The maximum absolute atomic E-state index is 11.9. The Morgan fingerprint density at radius 3 is 2.67 bits per heavy atom. The Bertz CT molecular complexity index is 392. The second kappa shape index (κ2) is 10.3. The molecule has 0 radical (unpaired) electrons. The lowest BCUT2D eigenvalue weighted by molar-refractivity contribution is -0.121. The Morgan fingerprint density at radius 2 is 2.05 bits per heavy atom. The molecule has 0 bridgehead atoms. The van der Waals surface area contributed by atoms with E-state index in [4.69, 9.17) is 5.73 Å². The predicted octanol–water partition coefficient (Wildman–Crippen LogP) is 2.85. The van der Waals surface area contributed by atoms with Crippen molar-refractivity contribution >= 4 is 5.91 Å². The lowest BCUT2D eigenvalue weighted by Gasteiger charge is -2.21. The lowest BCUT2D eigenvalue weighted by atomic mass is 9.89. The zero-order valence-corrected chi connectivity index (χ0v) is 13.3. The summed E-state index contributed by atoms with van der Waals surface area (Å²) in [4.78, 5) is 16.1. The Hall–Kier alpha value is -1.42. The second-order valence-electron chi connectivity index (χ2n) is 5.89. The number of aromatic nitrogens is 1. The Kier molecular flexibility index (Phi) is 8.67. The lowest BCUT2D eigenvalue weighted by Crippen LogP contribution is -2.30. The van der Waals surface area contributed by atoms with Crippen LogP contribution < -0.4 is 11.1 Å². The average molecular weight is 291 g/mol. The van der Waals surface area contributed by atoms with Crippen molar-refractivity contribution in [2.75, 3.05) is 13.1 Å². The molecule has 21 heavy (non-hydrogen) atoms. The molecule has 4 heteroatoms. The third kappa shape index (κ3) is 7.23. The van der Waals surface area contributed by atoms with Crippen LogP contribution in [0.15, 0.2) is 24.5 Å². The van der Waals surface area contributed by atoms with E-state index < -0.39 is 0 Å². The number of carbonyl (C=O) groups excluding carboxylic acids is 1. The van der Waals surface area contributed by atoms with Gasteiger partial charge in [-0.05, 0) is 36.9 Å². The monoisotopic (exact) mass is 291 g/mol. The Labute approximate surface area is 128 Å². The molecule has 1 aromatic rings. The summed E-state index contributed by atoms with van der Waals surface area (Å²) >= 11 is 0. The average Bonchev–Trinajstić information content (AvgIpc) is 2.48. The van der Waals surface area contributed by atoms with E-state index in [0.717, 1.165) is 32.2 Å². The molecular formula is C17H29N3O. The molecule has 0 saturated heterocycles. The number of nitrogens with zero attached hydrogens (tertiary/aromatic N) is 1. The molecule has 1 atom stereocenters. The smallest absolute Gasteiger partial charge is 0.220 e. The number of nitrogens with two attached hydrogens (primary N) is 1. The van der Waals surface area contributed by atoms with Gasteiger partial charge in [0.2, 0.25) is 5.91 Å². The van der Waals surface area contributed by atoms with E-state index in [2.05, 4.69) is 30.2 Å². The number of hydrogen-bond acceptors (Lipinski definition) is 3. The quantitative estimate of drug-likeness (QED) is 0.651. The van der Waals surface area contributed by atoms with Gasteiger partial charge in [0.05, 0.1) is 0 Å². The van der Waals surface area contributed by atoms with Gasteiger partial charge in [0.25, 0.3) is 0 Å². The minimum Gasteiger partial charge on any atom is -0.355 e. The van der Waals surface area contributed by atoms with Crippen molar-refractivity contribution in [2.24, 2.45) is 11.7 Å². The summed E-state index contributed by atoms with van der Waals surface area (Å²) < 4.78 is 0. The highest BCUT2D eigenvalue weighted by Gasteiger charge is 2.16. The first-order valence-corrected chi connectivity index (χ1v) is 8.01. The van der Waals surface area contributed by atoms with Crippen molar-refractivity contribution in [3.8, 4) is 0 Å². The molecule has 1 amide bonds. The normalized spacial score (nSPS) is 12.4. The largest absolute Gasteiger partial charge is 0.355 e. The van der Waals surface area contributed by atoms with Crippen LogP contribution in [-0.4, -0.2) is 24.0 Å². The van der Waals surface area contributed by atoms with E-state index >= 15 is 0 Å². The summed E-state index contributed by atoms with van der Waals surface area (Å²) in [6, 6.07) is 4.03. The fourth-order valence-corrected chi connectivity index (χ4v) is 2.43. The number of rotatable bonds is 10. The van der Waals surface area contributed by atoms with Gasteiger partial charge in [-0.3, -0.25) is 9.78 Å². The molecule has 1 aromatic heterocycles. The van der Waals surface area contributed by atoms with Crippen molar-refractivity contribution in [1.82, 2.24) is 10.3 Å². The maximum atomic E-state index is 11.9. The molecule has 0 spiro atoms. The van der Waals surface area contributed by atoms with Gasteiger partial charge >= 0.3 is 0 Å². The van der Waals surface area contributed by atoms with Crippen LogP contribution in [0.2, 0.25) is 0 Å². The Balaban J connectivity index is 2.32. The van der Waals surface area contributed by atoms with Gasteiger partial charge in [-0.1, -0.05) is 32.8 Å². The van der Waals surface area contributed by atoms with Gasteiger partial charge in [-0.15, -0.1) is 0 Å². The fourth-order valence-electron chi connectivity index (χ4n) is 2.43. The van der Waals surface area contributed by atoms with Crippen molar-refractivity contribution in [3.63, 3.8) is 0 Å². The molecule has 0 aliphatic carbocycles. The molecule has 0 aliphatic heterocycles. The van der Waals surface area contributed by atoms with Crippen LogP contribution in [0.3, 0.4) is 0 Å². The summed E-state index contributed by atoms with van der Waals surface area (Å²) in [5.41, 5.74) is 6.64. The van der Waals surface area contributed by atoms with Crippen molar-refractivity contribution < 1.29 is 4.79 Å². The fraction of sp³-hybridized carbons (Fsp3) is 0.647. The first-order chi connectivity index (χ1) is 10.1. The van der Waals surface area contributed by atoms with Gasteiger partial charge in [-0.2, -0.15) is 0 Å². The van der Waals surface area contributed by atoms with E-state index in [-0.39, 0.29) is 5.91 Å². The summed E-state index contributed by atoms with van der Waals surface area (Å²) in [6.07, 6.45) is 8.49. The highest BCUT2D eigenvalue weighted by atomic mass is 16.1. The molecule has 3 N–H and O–H groups in total. The third-order valence-corrected chi connectivity index (χ3v) is 3.79. The van der Waals surface area contributed by atoms with E-state index in [1.807, 2.05) is 12.3 Å². The van der Waals surface area contributed by atoms with Gasteiger partial charge in [0, 0.05) is 31.3 Å². The number of unbranched alkanes of at least 4 members (excludes halogenated alkanes) is 3. The van der Waals surface area contributed by atoms with Crippen molar-refractivity contribution in [1.29, 1.82) is 0 Å². The first kappa shape index (κ1) is 17.6. The molecule has 0 aromatic carbocycles. The zero-order valence-electron chi connectivity index (χ0n) is 13.3. The summed E-state index contributed by atoms with van der Waals surface area (Å²) in [5.74, 6) is 0.941. The SMILES string of the molecule is CC(C)C(CNC(=O)CCCCCCN)c1cccnc1. The number of amides is 1. The number of pyridine rings is 1. The number of hydrogen-bond donors (Lipinski definition) is 2. The molecule has 0 fully saturated rings. The van der Waals surface area contributed by atoms with Crippen LogP contribution in [0, 0.1) is 5.92 Å². The van der Waals surface area contributed by atoms with Gasteiger partial charge in [0.15, 0.2) is 0 Å². The molecule has 1 rings (SSSR count). The first-order valence-electron chi connectivity index (χ1n) is 8.01. The summed E-state index contributed by atoms with van der Waals surface area (Å²) in [5, 5.41) is 3.06. The topological polar surface area (TPSA) is 68.0 Å². The second-order valence-corrected chi connectivity index (χ2v) is 5.89. The van der Waals surface area contributed by atoms with Crippen molar-refractivity contribution in [2.45, 2.75) is 51.9 Å². The summed E-state index contributed by atoms with van der Waals surface area (Å²) in [6.45, 7) is 5.78.